The third-order valence-electron chi connectivity index (χ3n) is 4.95. The van der Waals surface area contributed by atoms with Crippen molar-refractivity contribution in [1.29, 1.82) is 0 Å². The van der Waals surface area contributed by atoms with Crippen LogP contribution in [0.3, 0.4) is 0 Å². The van der Waals surface area contributed by atoms with Gasteiger partial charge in [0.1, 0.15) is 11.9 Å². The molecule has 12 nitrogen and oxygen atoms in total. The van der Waals surface area contributed by atoms with Gasteiger partial charge in [-0.25, -0.2) is 19.2 Å². The predicted molar refractivity (Wildman–Crippen MR) is 140 cm³/mol. The largest absolute Gasteiger partial charge is 0.483 e. The van der Waals surface area contributed by atoms with Gasteiger partial charge in [0.05, 0.1) is 6.04 Å². The van der Waals surface area contributed by atoms with E-state index in [-0.39, 0.29) is 12.1 Å². The van der Waals surface area contributed by atoms with E-state index >= 15 is 0 Å². The van der Waals surface area contributed by atoms with Gasteiger partial charge < -0.3 is 40.5 Å². The van der Waals surface area contributed by atoms with Crippen molar-refractivity contribution in [3.63, 3.8) is 0 Å². The Balaban J connectivity index is 0.000000393. The van der Waals surface area contributed by atoms with Gasteiger partial charge in [-0.3, -0.25) is 0 Å². The van der Waals surface area contributed by atoms with E-state index in [1.807, 2.05) is 68.7 Å². The van der Waals surface area contributed by atoms with Crippen molar-refractivity contribution in [2.45, 2.75) is 18.2 Å². The van der Waals surface area contributed by atoms with Crippen molar-refractivity contribution in [3.8, 4) is 5.75 Å². The zero-order valence-electron chi connectivity index (χ0n) is 21.4. The molecule has 3 rings (SSSR count). The molecule has 0 radical (unpaired) electrons. The second-order valence-electron chi connectivity index (χ2n) is 8.23. The Kier molecular flexibility index (Phi) is 14.2. The smallest absolute Gasteiger partial charge is 0.328 e. The van der Waals surface area contributed by atoms with Crippen LogP contribution in [0.25, 0.3) is 0 Å². The average Bonchev–Trinajstić information content (AvgIpc) is 2.88. The van der Waals surface area contributed by atoms with Gasteiger partial charge in [0, 0.05) is 43.0 Å². The Morgan fingerprint density at radius 3 is 1.72 bits per heavy atom. The molecule has 0 saturated heterocycles. The molecule has 2 aromatic carbocycles. The molecule has 0 unspecified atom stereocenters. The van der Waals surface area contributed by atoms with Gasteiger partial charge in [-0.15, -0.1) is 0 Å². The van der Waals surface area contributed by atoms with E-state index in [0.29, 0.717) is 24.3 Å². The summed E-state index contributed by atoms with van der Waals surface area (Å²) in [4.78, 5) is 40.3. The Morgan fingerprint density at radius 1 is 0.795 bits per heavy atom. The van der Waals surface area contributed by atoms with Crippen LogP contribution in [0.15, 0.2) is 78.9 Å². The summed E-state index contributed by atoms with van der Waals surface area (Å²) in [5.74, 6) is -4.19. The lowest BCUT2D eigenvalue weighted by Gasteiger charge is -2.37. The van der Waals surface area contributed by atoms with Gasteiger partial charge in [0.2, 0.25) is 0 Å². The van der Waals surface area contributed by atoms with Crippen LogP contribution in [-0.2, 0) is 19.2 Å². The maximum Gasteiger partial charge on any atom is 0.328 e. The molecule has 1 aliphatic rings. The number of para-hydroxylation sites is 1. The van der Waals surface area contributed by atoms with Gasteiger partial charge in [0.15, 0.2) is 6.10 Å². The molecule has 2 aromatic rings. The summed E-state index contributed by atoms with van der Waals surface area (Å²) in [5, 5.41) is 45.6. The zero-order valence-corrected chi connectivity index (χ0v) is 21.4. The molecule has 0 bridgehead atoms. The number of nitrogens with zero attached hydrogens (tertiary/aromatic N) is 1. The highest BCUT2D eigenvalue weighted by Crippen LogP contribution is 2.40. The average molecular weight is 545 g/mol. The minimum Gasteiger partial charge on any atom is -0.483 e. The maximum absolute atomic E-state index is 10.9. The first-order valence-electron chi connectivity index (χ1n) is 11.6. The van der Waals surface area contributed by atoms with Gasteiger partial charge in [-0.1, -0.05) is 48.5 Å². The van der Waals surface area contributed by atoms with Crippen LogP contribution in [0.4, 0.5) is 0 Å². The van der Waals surface area contributed by atoms with E-state index < -0.39 is 30.0 Å². The molecule has 12 heteroatoms. The maximum atomic E-state index is 10.9. The molecule has 0 aromatic heterocycles. The number of likely N-dealkylation sites (N-methyl/N-ethyl adjacent to an activating group) is 1. The summed E-state index contributed by atoms with van der Waals surface area (Å²) >= 11 is 0. The van der Waals surface area contributed by atoms with Crippen LogP contribution in [0, 0.1) is 0 Å². The number of carboxylic acid groups (broad SMARTS) is 4. The molecule has 0 spiro atoms. The Labute approximate surface area is 225 Å². The monoisotopic (exact) mass is 544 g/mol. The van der Waals surface area contributed by atoms with Crippen LogP contribution in [0.1, 0.15) is 23.3 Å². The number of carbonyl (C=O) groups is 4. The van der Waals surface area contributed by atoms with Crippen molar-refractivity contribution >= 4 is 23.9 Å². The van der Waals surface area contributed by atoms with Crippen molar-refractivity contribution in [2.75, 3.05) is 27.2 Å². The van der Waals surface area contributed by atoms with Crippen molar-refractivity contribution in [1.82, 2.24) is 10.2 Å². The number of aliphatic hydroxyl groups excluding tert-OH is 1. The number of nitrogens with one attached hydrogen (secondary N) is 1. The van der Waals surface area contributed by atoms with Gasteiger partial charge in [0.25, 0.3) is 0 Å². The third-order valence-corrected chi connectivity index (χ3v) is 4.95. The fourth-order valence-corrected chi connectivity index (χ4v) is 3.28. The van der Waals surface area contributed by atoms with Crippen LogP contribution < -0.4 is 10.1 Å². The topological polar surface area (TPSA) is 194 Å². The van der Waals surface area contributed by atoms with Crippen LogP contribution >= 0.6 is 0 Å². The number of aliphatic hydroxyl groups is 1. The lowest BCUT2D eigenvalue weighted by molar-refractivity contribution is -0.134. The van der Waals surface area contributed by atoms with Crippen LogP contribution in [0.2, 0.25) is 0 Å². The summed E-state index contributed by atoms with van der Waals surface area (Å²) in [6.45, 7) is 1.73. The van der Waals surface area contributed by atoms with Crippen LogP contribution in [-0.4, -0.2) is 87.6 Å². The summed E-state index contributed by atoms with van der Waals surface area (Å²) in [6, 6.07) is 17.7. The van der Waals surface area contributed by atoms with E-state index in [1.54, 1.807) is 0 Å². The minimum absolute atomic E-state index is 0.134. The number of ether oxygens (including phenoxy) is 1. The van der Waals surface area contributed by atoms with Crippen molar-refractivity contribution in [2.24, 2.45) is 0 Å². The van der Waals surface area contributed by atoms with E-state index in [9.17, 15) is 24.3 Å². The fourth-order valence-electron chi connectivity index (χ4n) is 3.28. The third kappa shape index (κ3) is 13.0. The highest BCUT2D eigenvalue weighted by Gasteiger charge is 2.37. The number of fused-ring (bicyclic) bond motifs is 1. The molecule has 0 fully saturated rings. The second kappa shape index (κ2) is 17.1. The zero-order chi connectivity index (χ0) is 29.4. The second-order valence-corrected chi connectivity index (χ2v) is 8.23. The predicted octanol–water partition coefficient (Wildman–Crippen LogP) is 1.80. The number of rotatable bonds is 9. The lowest BCUT2D eigenvalue weighted by Crippen LogP contribution is -2.43. The van der Waals surface area contributed by atoms with Gasteiger partial charge in [-0.2, -0.15) is 0 Å². The summed E-state index contributed by atoms with van der Waals surface area (Å²) in [7, 11) is 4.09. The molecule has 1 heterocycles. The first-order valence-corrected chi connectivity index (χ1v) is 11.6. The van der Waals surface area contributed by atoms with Crippen LogP contribution in [0.5, 0.6) is 5.75 Å². The SMILES string of the molecule is CN(C)CCN[C@H]1c2ccccc2O[C@@H](c2ccccc2)[C@@H]1O.O=C(O)/C=C\C(=O)O.O=C(O)/C=C\C(=O)O. The molecular weight excluding hydrogens is 512 g/mol. The summed E-state index contributed by atoms with van der Waals surface area (Å²) in [6.07, 6.45) is 1.24. The first kappa shape index (κ1) is 32.5. The number of hydrogen-bond acceptors (Lipinski definition) is 8. The molecular formula is C27H32N2O10. The standard InChI is InChI=1S/C19H24N2O2.2C4H4O4/c1-21(2)13-12-20-17-15-10-6-7-11-16(15)23-19(18(17)22)14-8-4-3-5-9-14;2*5-3(6)1-2-4(7)8/h3-11,17-20,22H,12-13H2,1-2H3;2*1-2H,(H,5,6)(H,7,8)/b;2*2-1-/t17-,18+,19-;;/m0../s1. The number of hydrogen-bond donors (Lipinski definition) is 6. The van der Waals surface area contributed by atoms with Crippen molar-refractivity contribution < 1.29 is 49.4 Å². The minimum atomic E-state index is -1.26. The lowest BCUT2D eigenvalue weighted by atomic mass is 9.90. The molecule has 1 aliphatic heterocycles. The van der Waals surface area contributed by atoms with Gasteiger partial charge >= 0.3 is 23.9 Å². The Hall–Kier alpha value is -4.52. The highest BCUT2D eigenvalue weighted by molar-refractivity contribution is 5.90. The first-order chi connectivity index (χ1) is 18.4. The van der Waals surface area contributed by atoms with E-state index in [4.69, 9.17) is 25.2 Å². The Morgan fingerprint density at radius 2 is 1.26 bits per heavy atom. The van der Waals surface area contributed by atoms with Gasteiger partial charge in [-0.05, 0) is 25.7 Å². The molecule has 3 atom stereocenters. The highest BCUT2D eigenvalue weighted by atomic mass is 16.5. The number of benzene rings is 2. The van der Waals surface area contributed by atoms with E-state index in [2.05, 4.69) is 10.2 Å². The number of aliphatic carboxylic acids is 4. The van der Waals surface area contributed by atoms with E-state index in [0.717, 1.165) is 30.0 Å². The Bertz CT molecular complexity index is 1080. The summed E-state index contributed by atoms with van der Waals surface area (Å²) < 4.78 is 6.09. The molecule has 0 amide bonds. The summed E-state index contributed by atoms with van der Waals surface area (Å²) in [5.41, 5.74) is 2.01. The fraction of sp³-hybridized carbons (Fsp3) is 0.259. The van der Waals surface area contributed by atoms with Crippen molar-refractivity contribution in [3.05, 3.63) is 90.0 Å². The van der Waals surface area contributed by atoms with E-state index in [1.165, 1.54) is 0 Å². The molecule has 0 saturated carbocycles. The number of carboxylic acids is 4. The quantitative estimate of drug-likeness (QED) is 0.251. The molecule has 39 heavy (non-hydrogen) atoms. The molecule has 6 N–H and O–H groups in total. The normalized spacial score (nSPS) is 17.7. The molecule has 210 valence electrons. The molecule has 0 aliphatic carbocycles.